The molecule has 0 spiro atoms. The van der Waals surface area contributed by atoms with Crippen molar-refractivity contribution in [3.05, 3.63) is 52.5 Å². The minimum atomic E-state index is -3.80. The first-order valence-corrected chi connectivity index (χ1v) is 12.4. The van der Waals surface area contributed by atoms with Crippen LogP contribution in [-0.4, -0.2) is 39.7 Å². The van der Waals surface area contributed by atoms with E-state index < -0.39 is 22.0 Å². The lowest BCUT2D eigenvalue weighted by molar-refractivity contribution is -0.117. The van der Waals surface area contributed by atoms with Crippen LogP contribution in [0, 0.1) is 0 Å². The molecule has 1 aliphatic rings. The lowest BCUT2D eigenvalue weighted by Gasteiger charge is -2.30. The molecule has 0 aliphatic carbocycles. The molecule has 0 radical (unpaired) electrons. The number of carbonyl (C=O) groups is 1. The van der Waals surface area contributed by atoms with E-state index >= 15 is 0 Å². The van der Waals surface area contributed by atoms with Gasteiger partial charge in [-0.05, 0) is 61.7 Å². The number of hydrogen-bond acceptors (Lipinski definition) is 4. The van der Waals surface area contributed by atoms with Crippen molar-refractivity contribution < 1.29 is 13.2 Å². The summed E-state index contributed by atoms with van der Waals surface area (Å²) in [7, 11) is -3.80. The van der Waals surface area contributed by atoms with Gasteiger partial charge in [-0.3, -0.25) is 9.10 Å². The fourth-order valence-corrected chi connectivity index (χ4v) is 5.29. The molecule has 1 atom stereocenters. The topological polar surface area (TPSA) is 69.7 Å². The summed E-state index contributed by atoms with van der Waals surface area (Å²) in [6.07, 6.45) is 3.67. The number of sulfonamides is 1. The summed E-state index contributed by atoms with van der Waals surface area (Å²) < 4.78 is 26.2. The van der Waals surface area contributed by atoms with E-state index in [9.17, 15) is 13.2 Å². The number of hydrogen-bond donors (Lipinski definition) is 1. The largest absolute Gasteiger partial charge is 0.372 e. The highest BCUT2D eigenvalue weighted by Gasteiger charge is 2.33. The molecular formula is C21H25Cl2N3O3S. The average molecular weight is 470 g/mol. The first-order chi connectivity index (χ1) is 14.2. The summed E-state index contributed by atoms with van der Waals surface area (Å²) in [5.74, 6) is -0.437. The maximum Gasteiger partial charge on any atom is 0.248 e. The standard InChI is InChI=1S/C21H25Cl2N3O3S/c1-3-19(26(30(2,28)29)20-14-15(22)6-11-18(20)23)21(27)24-16-7-9-17(10-8-16)25-12-4-5-13-25/h6-11,14,19H,3-5,12-13H2,1-2H3,(H,24,27). The number of anilines is 3. The minimum Gasteiger partial charge on any atom is -0.372 e. The van der Waals surface area contributed by atoms with Crippen LogP contribution in [-0.2, 0) is 14.8 Å². The molecule has 1 saturated heterocycles. The average Bonchev–Trinajstić information content (AvgIpc) is 3.22. The molecule has 1 unspecified atom stereocenters. The molecule has 2 aromatic carbocycles. The fourth-order valence-electron chi connectivity index (χ4n) is 3.65. The first kappa shape index (κ1) is 22.7. The molecule has 3 rings (SSSR count). The highest BCUT2D eigenvalue weighted by molar-refractivity contribution is 7.92. The van der Waals surface area contributed by atoms with E-state index in [1.165, 1.54) is 25.0 Å². The van der Waals surface area contributed by atoms with E-state index in [2.05, 4.69) is 10.2 Å². The van der Waals surface area contributed by atoms with Crippen LogP contribution in [0.4, 0.5) is 17.1 Å². The summed E-state index contributed by atoms with van der Waals surface area (Å²) in [4.78, 5) is 15.3. The highest BCUT2D eigenvalue weighted by Crippen LogP contribution is 2.33. The van der Waals surface area contributed by atoms with E-state index in [0.29, 0.717) is 10.7 Å². The van der Waals surface area contributed by atoms with E-state index in [1.54, 1.807) is 13.0 Å². The summed E-state index contributed by atoms with van der Waals surface area (Å²) >= 11 is 12.3. The van der Waals surface area contributed by atoms with Crippen LogP contribution in [0.2, 0.25) is 10.0 Å². The Hall–Kier alpha value is -1.96. The lowest BCUT2D eigenvalue weighted by atomic mass is 10.1. The third-order valence-corrected chi connectivity index (χ3v) is 6.80. The van der Waals surface area contributed by atoms with Crippen LogP contribution in [0.5, 0.6) is 0 Å². The zero-order valence-corrected chi connectivity index (χ0v) is 19.3. The quantitative estimate of drug-likeness (QED) is 0.633. The van der Waals surface area contributed by atoms with Crippen LogP contribution in [0.15, 0.2) is 42.5 Å². The monoisotopic (exact) mass is 469 g/mol. The van der Waals surface area contributed by atoms with Gasteiger partial charge in [-0.1, -0.05) is 30.1 Å². The normalized spacial score (nSPS) is 15.1. The molecule has 1 amide bonds. The van der Waals surface area contributed by atoms with E-state index in [1.807, 2.05) is 24.3 Å². The lowest BCUT2D eigenvalue weighted by Crippen LogP contribution is -2.47. The van der Waals surface area contributed by atoms with Gasteiger partial charge in [-0.2, -0.15) is 0 Å². The summed E-state index contributed by atoms with van der Waals surface area (Å²) in [6.45, 7) is 3.82. The van der Waals surface area contributed by atoms with Gasteiger partial charge in [-0.25, -0.2) is 8.42 Å². The van der Waals surface area contributed by atoms with Crippen molar-refractivity contribution in [2.45, 2.75) is 32.2 Å². The van der Waals surface area contributed by atoms with Gasteiger partial charge in [0, 0.05) is 29.5 Å². The number of nitrogens with zero attached hydrogens (tertiary/aromatic N) is 2. The minimum absolute atomic E-state index is 0.179. The molecule has 1 fully saturated rings. The third kappa shape index (κ3) is 5.20. The van der Waals surface area contributed by atoms with Gasteiger partial charge in [0.2, 0.25) is 15.9 Å². The van der Waals surface area contributed by atoms with Gasteiger partial charge in [0.1, 0.15) is 6.04 Å². The molecule has 1 N–H and O–H groups in total. The molecule has 9 heteroatoms. The summed E-state index contributed by atoms with van der Waals surface area (Å²) in [5, 5.41) is 3.36. The first-order valence-electron chi connectivity index (χ1n) is 9.81. The van der Waals surface area contributed by atoms with Crippen LogP contribution < -0.4 is 14.5 Å². The number of amides is 1. The van der Waals surface area contributed by atoms with E-state index in [0.717, 1.165) is 29.3 Å². The predicted molar refractivity (Wildman–Crippen MR) is 124 cm³/mol. The third-order valence-electron chi connectivity index (χ3n) is 5.08. The molecule has 162 valence electrons. The molecule has 30 heavy (non-hydrogen) atoms. The van der Waals surface area contributed by atoms with Crippen molar-refractivity contribution in [1.82, 2.24) is 0 Å². The summed E-state index contributed by atoms with van der Waals surface area (Å²) in [6, 6.07) is 11.1. The van der Waals surface area contributed by atoms with Gasteiger partial charge < -0.3 is 10.2 Å². The Morgan fingerprint density at radius 1 is 1.13 bits per heavy atom. The zero-order chi connectivity index (χ0) is 21.9. The maximum absolute atomic E-state index is 13.0. The van der Waals surface area contributed by atoms with Crippen LogP contribution in [0.3, 0.4) is 0 Å². The molecule has 0 saturated carbocycles. The number of nitrogens with one attached hydrogen (secondary N) is 1. The maximum atomic E-state index is 13.0. The van der Waals surface area contributed by atoms with Gasteiger partial charge in [0.05, 0.1) is 17.0 Å². The van der Waals surface area contributed by atoms with E-state index in [4.69, 9.17) is 23.2 Å². The smallest absolute Gasteiger partial charge is 0.248 e. The SMILES string of the molecule is CCC(C(=O)Nc1ccc(N2CCCC2)cc1)N(c1cc(Cl)ccc1Cl)S(C)(=O)=O. The second kappa shape index (κ2) is 9.45. The van der Waals surface area contributed by atoms with Gasteiger partial charge in [-0.15, -0.1) is 0 Å². The number of carbonyl (C=O) groups excluding carboxylic acids is 1. The summed E-state index contributed by atoms with van der Waals surface area (Å²) in [5.41, 5.74) is 1.89. The molecule has 6 nitrogen and oxygen atoms in total. The highest BCUT2D eigenvalue weighted by atomic mass is 35.5. The Balaban J connectivity index is 1.84. The molecule has 2 aromatic rings. The van der Waals surface area contributed by atoms with Crippen molar-refractivity contribution in [3.63, 3.8) is 0 Å². The number of rotatable bonds is 7. The van der Waals surface area contributed by atoms with Gasteiger partial charge >= 0.3 is 0 Å². The van der Waals surface area contributed by atoms with Crippen molar-refractivity contribution in [3.8, 4) is 0 Å². The van der Waals surface area contributed by atoms with Gasteiger partial charge in [0.15, 0.2) is 0 Å². The number of halogens is 2. The van der Waals surface area contributed by atoms with Crippen molar-refractivity contribution in [2.24, 2.45) is 0 Å². The van der Waals surface area contributed by atoms with Crippen molar-refractivity contribution in [1.29, 1.82) is 0 Å². The molecule has 0 bridgehead atoms. The number of benzene rings is 2. The van der Waals surface area contributed by atoms with Crippen LogP contribution in [0.1, 0.15) is 26.2 Å². The Morgan fingerprint density at radius 2 is 1.77 bits per heavy atom. The Morgan fingerprint density at radius 3 is 2.33 bits per heavy atom. The molecule has 0 aromatic heterocycles. The molecular weight excluding hydrogens is 445 g/mol. The van der Waals surface area contributed by atoms with Crippen LogP contribution >= 0.6 is 23.2 Å². The molecule has 1 aliphatic heterocycles. The van der Waals surface area contributed by atoms with Crippen molar-refractivity contribution in [2.75, 3.05) is 33.9 Å². The zero-order valence-electron chi connectivity index (χ0n) is 16.9. The predicted octanol–water partition coefficient (Wildman–Crippen LogP) is 4.78. The Kier molecular flexibility index (Phi) is 7.16. The van der Waals surface area contributed by atoms with E-state index in [-0.39, 0.29) is 17.1 Å². The van der Waals surface area contributed by atoms with Crippen molar-refractivity contribution >= 4 is 56.2 Å². The molecule has 1 heterocycles. The second-order valence-electron chi connectivity index (χ2n) is 7.31. The fraction of sp³-hybridized carbons (Fsp3) is 0.381. The Labute approximate surface area is 187 Å². The van der Waals surface area contributed by atoms with Crippen LogP contribution in [0.25, 0.3) is 0 Å². The Bertz CT molecular complexity index is 1010. The van der Waals surface area contributed by atoms with Gasteiger partial charge in [0.25, 0.3) is 0 Å². The second-order valence-corrected chi connectivity index (χ2v) is 10.0.